The highest BCUT2D eigenvalue weighted by atomic mass is 19.1. The zero-order valence-corrected chi connectivity index (χ0v) is 9.93. The van der Waals surface area contributed by atoms with Crippen molar-refractivity contribution in [2.45, 2.75) is 19.9 Å². The van der Waals surface area contributed by atoms with Crippen LogP contribution in [0.1, 0.15) is 25.5 Å². The van der Waals surface area contributed by atoms with Gasteiger partial charge in [-0.2, -0.15) is 0 Å². The van der Waals surface area contributed by atoms with Crippen molar-refractivity contribution in [1.82, 2.24) is 9.55 Å². The summed E-state index contributed by atoms with van der Waals surface area (Å²) in [5.74, 6) is -0.221. The number of aromatic nitrogens is 2. The molecule has 4 heteroatoms. The van der Waals surface area contributed by atoms with Crippen LogP contribution in [0.5, 0.6) is 6.01 Å². The first-order valence-corrected chi connectivity index (χ1v) is 5.76. The van der Waals surface area contributed by atoms with Crippen LogP contribution in [-0.2, 0) is 0 Å². The fourth-order valence-electron chi connectivity index (χ4n) is 1.85. The molecule has 2 heterocycles. The van der Waals surface area contributed by atoms with E-state index in [0.29, 0.717) is 12.6 Å². The fourth-order valence-corrected chi connectivity index (χ4v) is 1.85. The van der Waals surface area contributed by atoms with E-state index >= 15 is 0 Å². The van der Waals surface area contributed by atoms with Crippen LogP contribution in [0.25, 0.3) is 0 Å². The van der Waals surface area contributed by atoms with Crippen molar-refractivity contribution in [2.24, 2.45) is 0 Å². The minimum atomic E-state index is -0.221. The molecule has 3 rings (SSSR count). The molecule has 1 atom stereocenters. The van der Waals surface area contributed by atoms with E-state index in [1.54, 1.807) is 12.3 Å². The Labute approximate surface area is 99.9 Å². The Hall–Kier alpha value is -1.84. The van der Waals surface area contributed by atoms with Crippen molar-refractivity contribution in [2.75, 3.05) is 6.61 Å². The molecule has 1 aliphatic heterocycles. The molecule has 17 heavy (non-hydrogen) atoms. The van der Waals surface area contributed by atoms with E-state index in [-0.39, 0.29) is 11.9 Å². The molecule has 0 radical (unpaired) electrons. The van der Waals surface area contributed by atoms with Gasteiger partial charge in [0.05, 0.1) is 6.04 Å². The Morgan fingerprint density at radius 1 is 1.41 bits per heavy atom. The molecule has 1 unspecified atom stereocenters. The summed E-state index contributed by atoms with van der Waals surface area (Å²) >= 11 is 0. The Balaban J connectivity index is 0.000000514. The number of benzene rings is 1. The van der Waals surface area contributed by atoms with Gasteiger partial charge in [0.1, 0.15) is 12.4 Å². The van der Waals surface area contributed by atoms with Gasteiger partial charge >= 0.3 is 0 Å². The Kier molecular flexibility index (Phi) is 3.42. The van der Waals surface area contributed by atoms with Crippen molar-refractivity contribution in [3.8, 4) is 6.01 Å². The predicted octanol–water partition coefficient (Wildman–Crippen LogP) is 3.03. The molecule has 1 aromatic carbocycles. The lowest BCUT2D eigenvalue weighted by atomic mass is 10.1. The maximum Gasteiger partial charge on any atom is 0.297 e. The molecular formula is C13H15FN2O. The van der Waals surface area contributed by atoms with Crippen LogP contribution in [-0.4, -0.2) is 16.2 Å². The second kappa shape index (κ2) is 4.99. The molecule has 0 saturated carbocycles. The third-order valence-electron chi connectivity index (χ3n) is 2.57. The number of fused-ring (bicyclic) bond motifs is 1. The molecule has 0 saturated heterocycles. The maximum absolute atomic E-state index is 13.1. The number of rotatable bonds is 1. The monoisotopic (exact) mass is 234 g/mol. The smallest absolute Gasteiger partial charge is 0.297 e. The summed E-state index contributed by atoms with van der Waals surface area (Å²) in [6.45, 7) is 4.52. The molecular weight excluding hydrogens is 219 g/mol. The zero-order chi connectivity index (χ0) is 12.3. The van der Waals surface area contributed by atoms with E-state index in [1.807, 2.05) is 30.7 Å². The standard InChI is InChI=1S/C11H9FN2O.C2H6/c12-9-3-1-2-8(6-9)10-7-15-11-13-4-5-14(10)11;1-2/h1-6,10H,7H2;1-2H3. The molecule has 0 N–H and O–H groups in total. The molecule has 1 aliphatic rings. The van der Waals surface area contributed by atoms with Gasteiger partial charge in [-0.1, -0.05) is 26.0 Å². The number of hydrogen-bond donors (Lipinski definition) is 0. The number of nitrogens with zero attached hydrogens (tertiary/aromatic N) is 2. The van der Waals surface area contributed by atoms with Gasteiger partial charge in [-0.25, -0.2) is 9.37 Å². The number of ether oxygens (including phenoxy) is 1. The largest absolute Gasteiger partial charge is 0.462 e. The summed E-state index contributed by atoms with van der Waals surface area (Å²) in [5, 5.41) is 0. The van der Waals surface area contributed by atoms with Crippen LogP contribution in [0.3, 0.4) is 0 Å². The van der Waals surface area contributed by atoms with Gasteiger partial charge in [0.2, 0.25) is 0 Å². The quantitative estimate of drug-likeness (QED) is 0.758. The van der Waals surface area contributed by atoms with E-state index in [4.69, 9.17) is 4.74 Å². The van der Waals surface area contributed by atoms with E-state index in [0.717, 1.165) is 5.56 Å². The van der Waals surface area contributed by atoms with Gasteiger partial charge in [0.15, 0.2) is 0 Å². The number of imidazole rings is 1. The Morgan fingerprint density at radius 3 is 3.00 bits per heavy atom. The van der Waals surface area contributed by atoms with Crippen LogP contribution in [0.4, 0.5) is 4.39 Å². The molecule has 90 valence electrons. The lowest BCUT2D eigenvalue weighted by Gasteiger charge is -2.09. The molecule has 0 fully saturated rings. The van der Waals surface area contributed by atoms with Crippen LogP contribution in [0.15, 0.2) is 36.7 Å². The minimum absolute atomic E-state index is 0.0400. The highest BCUT2D eigenvalue weighted by Crippen LogP contribution is 2.29. The third kappa shape index (κ3) is 2.16. The van der Waals surface area contributed by atoms with Crippen LogP contribution >= 0.6 is 0 Å². The zero-order valence-electron chi connectivity index (χ0n) is 9.93. The van der Waals surface area contributed by atoms with Gasteiger partial charge in [0.25, 0.3) is 6.01 Å². The van der Waals surface area contributed by atoms with Gasteiger partial charge in [0, 0.05) is 12.4 Å². The first-order valence-electron chi connectivity index (χ1n) is 5.76. The normalized spacial score (nSPS) is 16.8. The molecule has 3 nitrogen and oxygen atoms in total. The summed E-state index contributed by atoms with van der Waals surface area (Å²) < 4.78 is 20.3. The number of hydrogen-bond acceptors (Lipinski definition) is 2. The number of halogens is 1. The van der Waals surface area contributed by atoms with Crippen molar-refractivity contribution < 1.29 is 9.13 Å². The van der Waals surface area contributed by atoms with Crippen LogP contribution in [0.2, 0.25) is 0 Å². The first-order chi connectivity index (χ1) is 8.34. The highest BCUT2D eigenvalue weighted by molar-refractivity contribution is 5.24. The molecule has 0 bridgehead atoms. The molecule has 0 amide bonds. The van der Waals surface area contributed by atoms with Crippen LogP contribution < -0.4 is 4.74 Å². The SMILES string of the molecule is CC.Fc1cccc(C2COc3nccn32)c1. The lowest BCUT2D eigenvalue weighted by Crippen LogP contribution is -2.08. The average molecular weight is 234 g/mol. The van der Waals surface area contributed by atoms with Crippen molar-refractivity contribution in [1.29, 1.82) is 0 Å². The average Bonchev–Trinajstić information content (AvgIpc) is 2.93. The Bertz CT molecular complexity index is 496. The van der Waals surface area contributed by atoms with E-state index in [1.165, 1.54) is 12.1 Å². The van der Waals surface area contributed by atoms with Crippen molar-refractivity contribution in [3.05, 3.63) is 48.0 Å². The van der Waals surface area contributed by atoms with Gasteiger partial charge < -0.3 is 4.74 Å². The molecule has 2 aromatic rings. The second-order valence-electron chi connectivity index (χ2n) is 3.50. The third-order valence-corrected chi connectivity index (χ3v) is 2.57. The molecule has 1 aromatic heterocycles. The lowest BCUT2D eigenvalue weighted by molar-refractivity contribution is 0.331. The highest BCUT2D eigenvalue weighted by Gasteiger charge is 2.25. The minimum Gasteiger partial charge on any atom is -0.462 e. The summed E-state index contributed by atoms with van der Waals surface area (Å²) in [6, 6.07) is 7.21. The molecule has 0 spiro atoms. The van der Waals surface area contributed by atoms with E-state index in [2.05, 4.69) is 4.98 Å². The summed E-state index contributed by atoms with van der Waals surface area (Å²) in [6.07, 6.45) is 3.53. The van der Waals surface area contributed by atoms with Crippen molar-refractivity contribution >= 4 is 0 Å². The van der Waals surface area contributed by atoms with Gasteiger partial charge in [-0.15, -0.1) is 0 Å². The van der Waals surface area contributed by atoms with Crippen molar-refractivity contribution in [3.63, 3.8) is 0 Å². The first kappa shape index (κ1) is 11.6. The molecule has 0 aliphatic carbocycles. The summed E-state index contributed by atoms with van der Waals surface area (Å²) in [5.41, 5.74) is 0.909. The second-order valence-corrected chi connectivity index (χ2v) is 3.50. The summed E-state index contributed by atoms with van der Waals surface area (Å²) in [7, 11) is 0. The van der Waals surface area contributed by atoms with Gasteiger partial charge in [-0.3, -0.25) is 4.57 Å². The van der Waals surface area contributed by atoms with Gasteiger partial charge in [-0.05, 0) is 17.7 Å². The van der Waals surface area contributed by atoms with E-state index in [9.17, 15) is 4.39 Å². The topological polar surface area (TPSA) is 27.1 Å². The Morgan fingerprint density at radius 2 is 2.24 bits per heavy atom. The van der Waals surface area contributed by atoms with Crippen LogP contribution in [0, 0.1) is 5.82 Å². The summed E-state index contributed by atoms with van der Waals surface area (Å²) in [4.78, 5) is 4.04. The fraction of sp³-hybridized carbons (Fsp3) is 0.308. The maximum atomic E-state index is 13.1. The predicted molar refractivity (Wildman–Crippen MR) is 63.6 cm³/mol. The van der Waals surface area contributed by atoms with E-state index < -0.39 is 0 Å².